The molecule has 0 bridgehead atoms. The summed E-state index contributed by atoms with van der Waals surface area (Å²) in [6, 6.07) is 27.2. The van der Waals surface area contributed by atoms with Crippen molar-refractivity contribution in [3.63, 3.8) is 0 Å². The summed E-state index contributed by atoms with van der Waals surface area (Å²) in [5.41, 5.74) is 5.87. The van der Waals surface area contributed by atoms with E-state index in [9.17, 15) is 0 Å². The first kappa shape index (κ1) is 15.2. The highest BCUT2D eigenvalue weighted by Crippen LogP contribution is 2.41. The van der Waals surface area contributed by atoms with Crippen LogP contribution in [0.4, 0.5) is 11.6 Å². The van der Waals surface area contributed by atoms with E-state index in [4.69, 9.17) is 5.10 Å². The smallest absolute Gasteiger partial charge is 0.232 e. The molecule has 6 rings (SSSR count). The summed E-state index contributed by atoms with van der Waals surface area (Å²) in [4.78, 5) is 6.87. The molecule has 0 N–H and O–H groups in total. The van der Waals surface area contributed by atoms with Gasteiger partial charge in [0.2, 0.25) is 5.95 Å². The molecule has 4 aromatic rings. The lowest BCUT2D eigenvalue weighted by molar-refractivity contribution is 0.841. The second kappa shape index (κ2) is 5.82. The third kappa shape index (κ3) is 2.13. The van der Waals surface area contributed by atoms with Gasteiger partial charge in [0.25, 0.3) is 0 Å². The molecule has 0 amide bonds. The molecule has 0 spiro atoms. The summed E-state index contributed by atoms with van der Waals surface area (Å²) in [5.74, 6) is 1.78. The molecule has 5 heteroatoms. The topological polar surface area (TPSA) is 36.7 Å². The number of anilines is 2. The quantitative estimate of drug-likeness (QED) is 0.526. The Kier molecular flexibility index (Phi) is 3.17. The second-order valence-electron chi connectivity index (χ2n) is 6.89. The number of rotatable bonds is 2. The van der Waals surface area contributed by atoms with Crippen molar-refractivity contribution in [2.75, 3.05) is 16.6 Å². The molecule has 0 saturated heterocycles. The fraction of sp³-hybridized carbons (Fsp3) is 0.0435. The van der Waals surface area contributed by atoms with Gasteiger partial charge in [-0.1, -0.05) is 60.7 Å². The minimum absolute atomic E-state index is 0.629. The van der Waals surface area contributed by atoms with Crippen LogP contribution in [0.3, 0.4) is 0 Å². The fourth-order valence-corrected chi connectivity index (χ4v) is 4.02. The van der Waals surface area contributed by atoms with Crippen LogP contribution >= 0.6 is 0 Å². The molecule has 134 valence electrons. The molecule has 3 aromatic carbocycles. The molecule has 1 aromatic heterocycles. The Labute approximate surface area is 162 Å². The number of hydrogen-bond donors (Lipinski definition) is 0. The Morgan fingerprint density at radius 1 is 0.714 bits per heavy atom. The average Bonchev–Trinajstić information content (AvgIpc) is 3.42. The Morgan fingerprint density at radius 2 is 1.43 bits per heavy atom. The standard InChI is InChI=1S/C23H17N5/c1-2-8-17(9-3-1)26-15-14-24-23(26)28-16-27-21-13-7-6-11-19(21)18-10-4-5-12-20(18)22(27)25-28/h1-15H,16H2. The predicted molar refractivity (Wildman–Crippen MR) is 112 cm³/mol. The molecule has 0 fully saturated rings. The average molecular weight is 363 g/mol. The zero-order chi connectivity index (χ0) is 18.5. The number of nitrogens with zero attached hydrogens (tertiary/aromatic N) is 5. The molecular weight excluding hydrogens is 346 g/mol. The Bertz CT molecular complexity index is 1210. The Hall–Kier alpha value is -3.86. The van der Waals surface area contributed by atoms with Crippen LogP contribution in [0.5, 0.6) is 0 Å². The van der Waals surface area contributed by atoms with Gasteiger partial charge in [-0.25, -0.2) is 9.99 Å². The summed E-state index contributed by atoms with van der Waals surface area (Å²) in [5, 5.41) is 6.94. The highest BCUT2D eigenvalue weighted by Gasteiger charge is 2.34. The third-order valence-corrected chi connectivity index (χ3v) is 5.29. The molecule has 0 atom stereocenters. The van der Waals surface area contributed by atoms with E-state index >= 15 is 0 Å². The van der Waals surface area contributed by atoms with Crippen molar-refractivity contribution >= 4 is 17.5 Å². The summed E-state index contributed by atoms with van der Waals surface area (Å²) in [6.45, 7) is 0.629. The van der Waals surface area contributed by atoms with Crippen LogP contribution in [-0.4, -0.2) is 22.1 Å². The van der Waals surface area contributed by atoms with Crippen LogP contribution in [0.1, 0.15) is 5.56 Å². The van der Waals surface area contributed by atoms with Gasteiger partial charge in [-0.15, -0.1) is 5.10 Å². The number of imidazole rings is 1. The molecule has 3 heterocycles. The monoisotopic (exact) mass is 363 g/mol. The summed E-state index contributed by atoms with van der Waals surface area (Å²) in [6.07, 6.45) is 3.80. The summed E-state index contributed by atoms with van der Waals surface area (Å²) in [7, 11) is 0. The van der Waals surface area contributed by atoms with Crippen molar-refractivity contribution in [3.05, 3.63) is 96.8 Å². The molecule has 0 aliphatic carbocycles. The lowest BCUT2D eigenvalue weighted by atomic mass is 9.93. The molecule has 5 nitrogen and oxygen atoms in total. The predicted octanol–water partition coefficient (Wildman–Crippen LogP) is 4.50. The number of benzene rings is 3. The minimum atomic E-state index is 0.629. The van der Waals surface area contributed by atoms with Gasteiger partial charge in [-0.2, -0.15) is 0 Å². The maximum Gasteiger partial charge on any atom is 0.232 e. The number of hydrogen-bond acceptors (Lipinski definition) is 4. The zero-order valence-electron chi connectivity index (χ0n) is 15.1. The van der Waals surface area contributed by atoms with E-state index in [1.807, 2.05) is 35.6 Å². The van der Waals surface area contributed by atoms with E-state index in [-0.39, 0.29) is 0 Å². The van der Waals surface area contributed by atoms with Crippen LogP contribution in [0.25, 0.3) is 16.8 Å². The maximum absolute atomic E-state index is 4.97. The van der Waals surface area contributed by atoms with Crippen molar-refractivity contribution in [2.24, 2.45) is 5.10 Å². The van der Waals surface area contributed by atoms with E-state index in [1.54, 1.807) is 0 Å². The van der Waals surface area contributed by atoms with Gasteiger partial charge in [-0.05, 0) is 23.8 Å². The van der Waals surface area contributed by atoms with E-state index in [0.717, 1.165) is 23.0 Å². The molecule has 2 aliphatic heterocycles. The molecule has 28 heavy (non-hydrogen) atoms. The number of fused-ring (bicyclic) bond motifs is 6. The molecule has 0 saturated carbocycles. The number of para-hydroxylation sites is 2. The van der Waals surface area contributed by atoms with E-state index < -0.39 is 0 Å². The lowest BCUT2D eigenvalue weighted by Gasteiger charge is -2.29. The third-order valence-electron chi connectivity index (χ3n) is 5.29. The Morgan fingerprint density at radius 3 is 2.29 bits per heavy atom. The van der Waals surface area contributed by atoms with E-state index in [0.29, 0.717) is 6.67 Å². The van der Waals surface area contributed by atoms with Crippen molar-refractivity contribution in [1.82, 2.24) is 9.55 Å². The number of hydrazone groups is 1. The van der Waals surface area contributed by atoms with Crippen LogP contribution < -0.4 is 9.91 Å². The van der Waals surface area contributed by atoms with Gasteiger partial charge in [0.05, 0.1) is 5.69 Å². The molecule has 2 aliphatic rings. The summed E-state index contributed by atoms with van der Waals surface area (Å²) < 4.78 is 2.07. The zero-order valence-corrected chi connectivity index (χ0v) is 15.1. The first-order chi connectivity index (χ1) is 13.9. The van der Waals surface area contributed by atoms with Crippen LogP contribution in [0.2, 0.25) is 0 Å². The lowest BCUT2D eigenvalue weighted by Crippen LogP contribution is -2.34. The number of aromatic nitrogens is 2. The van der Waals surface area contributed by atoms with Crippen LogP contribution in [0.15, 0.2) is 96.4 Å². The second-order valence-corrected chi connectivity index (χ2v) is 6.89. The van der Waals surface area contributed by atoms with Crippen molar-refractivity contribution in [2.45, 2.75) is 0 Å². The van der Waals surface area contributed by atoms with Gasteiger partial charge in [0.1, 0.15) is 6.67 Å². The van der Waals surface area contributed by atoms with Gasteiger partial charge in [0, 0.05) is 29.2 Å². The van der Waals surface area contributed by atoms with E-state index in [1.165, 1.54) is 16.8 Å². The van der Waals surface area contributed by atoms with Gasteiger partial charge in [0.15, 0.2) is 5.84 Å². The molecule has 0 unspecified atom stereocenters. The molecular formula is C23H17N5. The minimum Gasteiger partial charge on any atom is -0.303 e. The largest absolute Gasteiger partial charge is 0.303 e. The van der Waals surface area contributed by atoms with Crippen LogP contribution in [0, 0.1) is 0 Å². The highest BCUT2D eigenvalue weighted by molar-refractivity contribution is 6.20. The first-order valence-corrected chi connectivity index (χ1v) is 9.31. The van der Waals surface area contributed by atoms with Crippen molar-refractivity contribution in [3.8, 4) is 16.8 Å². The maximum atomic E-state index is 4.97. The number of amidine groups is 1. The van der Waals surface area contributed by atoms with Crippen molar-refractivity contribution < 1.29 is 0 Å². The SMILES string of the molecule is c1ccc(-n2ccnc2N2CN3C(=N2)c2ccccc2-c2ccccc23)cc1. The summed E-state index contributed by atoms with van der Waals surface area (Å²) >= 11 is 0. The van der Waals surface area contributed by atoms with E-state index in [2.05, 4.69) is 75.1 Å². The highest BCUT2D eigenvalue weighted by atomic mass is 15.6. The fourth-order valence-electron chi connectivity index (χ4n) is 4.02. The normalized spacial score (nSPS) is 14.4. The van der Waals surface area contributed by atoms with Crippen LogP contribution in [-0.2, 0) is 0 Å². The Balaban J connectivity index is 1.49. The first-order valence-electron chi connectivity index (χ1n) is 9.31. The van der Waals surface area contributed by atoms with Gasteiger partial charge < -0.3 is 4.90 Å². The molecule has 0 radical (unpaired) electrons. The van der Waals surface area contributed by atoms with Crippen molar-refractivity contribution in [1.29, 1.82) is 0 Å². The van der Waals surface area contributed by atoms with Gasteiger partial charge in [-0.3, -0.25) is 4.57 Å². The van der Waals surface area contributed by atoms with Gasteiger partial charge >= 0.3 is 0 Å².